The summed E-state index contributed by atoms with van der Waals surface area (Å²) in [5.41, 5.74) is 1.16. The number of hydrogen-bond acceptors (Lipinski definition) is 4. The van der Waals surface area contributed by atoms with E-state index in [1.165, 1.54) is 0 Å². The number of methoxy groups -OCH3 is 1. The highest BCUT2D eigenvalue weighted by molar-refractivity contribution is 5.28. The molecule has 0 bridgehead atoms. The van der Waals surface area contributed by atoms with Crippen LogP contribution in [0.1, 0.15) is 25.8 Å². The number of rotatable bonds is 10. The van der Waals surface area contributed by atoms with E-state index in [1.807, 2.05) is 18.2 Å². The highest BCUT2D eigenvalue weighted by Crippen LogP contribution is 2.16. The van der Waals surface area contributed by atoms with Crippen LogP contribution in [0.2, 0.25) is 0 Å². The van der Waals surface area contributed by atoms with Crippen molar-refractivity contribution >= 4 is 0 Å². The molecule has 0 amide bonds. The zero-order valence-corrected chi connectivity index (χ0v) is 13.8. The summed E-state index contributed by atoms with van der Waals surface area (Å²) in [6, 6.07) is 8.37. The van der Waals surface area contributed by atoms with Gasteiger partial charge in [0.05, 0.1) is 19.8 Å². The van der Waals surface area contributed by atoms with Crippen molar-refractivity contribution in [3.8, 4) is 18.1 Å². The minimum absolute atomic E-state index is 0.232. The molecule has 1 rings (SSSR count). The van der Waals surface area contributed by atoms with Gasteiger partial charge < -0.3 is 14.6 Å². The lowest BCUT2D eigenvalue weighted by Crippen LogP contribution is -2.39. The second kappa shape index (κ2) is 10.2. The Morgan fingerprint density at radius 3 is 2.82 bits per heavy atom. The van der Waals surface area contributed by atoms with Crippen LogP contribution < -0.4 is 4.74 Å². The van der Waals surface area contributed by atoms with Crippen molar-refractivity contribution < 1.29 is 14.6 Å². The van der Waals surface area contributed by atoms with E-state index in [0.29, 0.717) is 12.6 Å². The van der Waals surface area contributed by atoms with Crippen LogP contribution >= 0.6 is 0 Å². The molecule has 0 saturated heterocycles. The maximum atomic E-state index is 10.1. The fraction of sp³-hybridized carbons (Fsp3) is 0.556. The molecular weight excluding hydrogens is 278 g/mol. The molecule has 0 saturated carbocycles. The van der Waals surface area contributed by atoms with Crippen LogP contribution in [0, 0.1) is 12.3 Å². The van der Waals surface area contributed by atoms with Gasteiger partial charge in [-0.05, 0) is 31.0 Å². The molecule has 4 nitrogen and oxygen atoms in total. The Hall–Kier alpha value is -1.54. The van der Waals surface area contributed by atoms with Crippen molar-refractivity contribution in [1.29, 1.82) is 0 Å². The van der Waals surface area contributed by atoms with Gasteiger partial charge in [-0.2, -0.15) is 0 Å². The van der Waals surface area contributed by atoms with Gasteiger partial charge in [-0.25, -0.2) is 0 Å². The molecule has 1 N–H and O–H groups in total. The summed E-state index contributed by atoms with van der Waals surface area (Å²) in [5.74, 6) is 3.25. The molecule has 0 aliphatic rings. The number of benzene rings is 1. The maximum Gasteiger partial charge on any atom is 0.119 e. The topological polar surface area (TPSA) is 41.9 Å². The second-order valence-corrected chi connectivity index (χ2v) is 5.41. The van der Waals surface area contributed by atoms with Crippen LogP contribution in [-0.2, 0) is 11.3 Å². The Morgan fingerprint density at radius 1 is 1.41 bits per heavy atom. The molecule has 0 unspecified atom stereocenters. The van der Waals surface area contributed by atoms with E-state index in [4.69, 9.17) is 15.9 Å². The first-order chi connectivity index (χ1) is 10.6. The summed E-state index contributed by atoms with van der Waals surface area (Å²) in [7, 11) is 1.66. The van der Waals surface area contributed by atoms with Crippen LogP contribution in [0.25, 0.3) is 0 Å². The predicted molar refractivity (Wildman–Crippen MR) is 88.8 cm³/mol. The number of nitrogens with zero attached hydrogens (tertiary/aromatic N) is 1. The van der Waals surface area contributed by atoms with E-state index in [-0.39, 0.29) is 13.2 Å². The lowest BCUT2D eigenvalue weighted by atomic mass is 10.1. The first kappa shape index (κ1) is 18.5. The van der Waals surface area contributed by atoms with Gasteiger partial charge in [-0.1, -0.05) is 25.0 Å². The highest BCUT2D eigenvalue weighted by atomic mass is 16.5. The molecule has 0 aliphatic carbocycles. The van der Waals surface area contributed by atoms with Gasteiger partial charge in [0.2, 0.25) is 0 Å². The number of ether oxygens (including phenoxy) is 2. The Bertz CT molecular complexity index is 470. The summed E-state index contributed by atoms with van der Waals surface area (Å²) in [6.45, 7) is 6.11. The normalized spacial score (nSPS) is 13.6. The van der Waals surface area contributed by atoms with Gasteiger partial charge in [0.1, 0.15) is 12.4 Å². The number of hydrogen-bond donors (Lipinski definition) is 1. The molecule has 0 heterocycles. The number of aliphatic hydroxyl groups excluding tert-OH is 1. The SMILES string of the molecule is C#CCOC[C@H](O)CN(Cc1cccc(OC)c1)[C@H](C)CC. The quantitative estimate of drug-likeness (QED) is 0.532. The first-order valence-corrected chi connectivity index (χ1v) is 7.66. The fourth-order valence-corrected chi connectivity index (χ4v) is 2.24. The van der Waals surface area contributed by atoms with Crippen molar-refractivity contribution in [3.63, 3.8) is 0 Å². The van der Waals surface area contributed by atoms with Crippen molar-refractivity contribution in [3.05, 3.63) is 29.8 Å². The molecule has 0 spiro atoms. The maximum absolute atomic E-state index is 10.1. The van der Waals surface area contributed by atoms with Gasteiger partial charge >= 0.3 is 0 Å². The van der Waals surface area contributed by atoms with E-state index in [2.05, 4.69) is 30.7 Å². The molecule has 22 heavy (non-hydrogen) atoms. The van der Waals surface area contributed by atoms with Crippen LogP contribution in [0.5, 0.6) is 5.75 Å². The monoisotopic (exact) mass is 305 g/mol. The highest BCUT2D eigenvalue weighted by Gasteiger charge is 2.17. The van der Waals surface area contributed by atoms with Gasteiger partial charge in [-0.15, -0.1) is 6.42 Å². The zero-order valence-electron chi connectivity index (χ0n) is 13.8. The Labute approximate surface area is 134 Å². The van der Waals surface area contributed by atoms with E-state index in [9.17, 15) is 5.11 Å². The molecule has 0 aliphatic heterocycles. The van der Waals surface area contributed by atoms with Crippen LogP contribution in [0.4, 0.5) is 0 Å². The number of aliphatic hydroxyl groups is 1. The molecule has 1 aromatic rings. The first-order valence-electron chi connectivity index (χ1n) is 7.66. The summed E-state index contributed by atoms with van der Waals surface area (Å²) >= 11 is 0. The predicted octanol–water partition coefficient (Wildman–Crippen LogP) is 2.31. The van der Waals surface area contributed by atoms with Crippen molar-refractivity contribution in [2.24, 2.45) is 0 Å². The van der Waals surface area contributed by atoms with Gasteiger partial charge in [0.15, 0.2) is 0 Å². The molecule has 0 radical (unpaired) electrons. The minimum atomic E-state index is -0.548. The average Bonchev–Trinajstić information content (AvgIpc) is 2.54. The lowest BCUT2D eigenvalue weighted by Gasteiger charge is -2.30. The van der Waals surface area contributed by atoms with Crippen molar-refractivity contribution in [2.75, 3.05) is 26.9 Å². The standard InChI is InChI=1S/C18H27NO3/c1-5-10-22-14-17(20)13-19(15(3)6-2)12-16-8-7-9-18(11-16)21-4/h1,7-9,11,15,17,20H,6,10,12-14H2,2-4H3/t15-,17-/m1/s1. The van der Waals surface area contributed by atoms with E-state index in [1.54, 1.807) is 7.11 Å². The van der Waals surface area contributed by atoms with Crippen LogP contribution in [0.3, 0.4) is 0 Å². The zero-order chi connectivity index (χ0) is 16.4. The third-order valence-corrected chi connectivity index (χ3v) is 3.67. The smallest absolute Gasteiger partial charge is 0.119 e. The summed E-state index contributed by atoms with van der Waals surface area (Å²) in [5, 5.41) is 10.1. The van der Waals surface area contributed by atoms with Gasteiger partial charge in [0.25, 0.3) is 0 Å². The van der Waals surface area contributed by atoms with Gasteiger partial charge in [0, 0.05) is 19.1 Å². The van der Waals surface area contributed by atoms with E-state index < -0.39 is 6.10 Å². The van der Waals surface area contributed by atoms with Crippen molar-refractivity contribution in [1.82, 2.24) is 4.90 Å². The lowest BCUT2D eigenvalue weighted by molar-refractivity contribution is 0.0170. The molecule has 2 atom stereocenters. The largest absolute Gasteiger partial charge is 0.497 e. The molecule has 4 heteroatoms. The van der Waals surface area contributed by atoms with Crippen LogP contribution in [-0.4, -0.2) is 49.0 Å². The second-order valence-electron chi connectivity index (χ2n) is 5.41. The van der Waals surface area contributed by atoms with Gasteiger partial charge in [-0.3, -0.25) is 4.90 Å². The Kier molecular flexibility index (Phi) is 8.61. The van der Waals surface area contributed by atoms with Crippen LogP contribution in [0.15, 0.2) is 24.3 Å². The van der Waals surface area contributed by atoms with Crippen molar-refractivity contribution in [2.45, 2.75) is 39.0 Å². The molecule has 0 fully saturated rings. The van der Waals surface area contributed by atoms with E-state index >= 15 is 0 Å². The Morgan fingerprint density at radius 2 is 2.18 bits per heavy atom. The molecule has 1 aromatic carbocycles. The summed E-state index contributed by atoms with van der Waals surface area (Å²) < 4.78 is 10.5. The fourth-order valence-electron chi connectivity index (χ4n) is 2.24. The molecule has 0 aromatic heterocycles. The Balaban J connectivity index is 2.65. The third kappa shape index (κ3) is 6.48. The number of terminal acetylenes is 1. The summed E-state index contributed by atoms with van der Waals surface area (Å²) in [4.78, 5) is 2.25. The summed E-state index contributed by atoms with van der Waals surface area (Å²) in [6.07, 6.45) is 5.60. The average molecular weight is 305 g/mol. The third-order valence-electron chi connectivity index (χ3n) is 3.67. The molecular formula is C18H27NO3. The molecule has 122 valence electrons. The van der Waals surface area contributed by atoms with E-state index in [0.717, 1.165) is 24.3 Å². The minimum Gasteiger partial charge on any atom is -0.497 e.